The van der Waals surface area contributed by atoms with Crippen molar-refractivity contribution >= 4 is 11.9 Å². The lowest BCUT2D eigenvalue weighted by molar-refractivity contribution is -0.140. The summed E-state index contributed by atoms with van der Waals surface area (Å²) in [5, 5.41) is 0. The van der Waals surface area contributed by atoms with Crippen LogP contribution in [0.3, 0.4) is 0 Å². The number of rotatable bonds is 3. The van der Waals surface area contributed by atoms with Crippen molar-refractivity contribution in [3.05, 3.63) is 0 Å². The van der Waals surface area contributed by atoms with E-state index in [1.807, 2.05) is 4.90 Å². The van der Waals surface area contributed by atoms with Gasteiger partial charge in [0.1, 0.15) is 0 Å². The number of amides is 3. The zero-order valence-electron chi connectivity index (χ0n) is 12.2. The van der Waals surface area contributed by atoms with Crippen LogP contribution in [0.1, 0.15) is 45.4 Å². The Bertz CT molecular complexity index is 393. The van der Waals surface area contributed by atoms with Gasteiger partial charge in [0.2, 0.25) is 5.91 Å². The average Bonchev–Trinajstić information content (AvgIpc) is 2.94. The molecule has 2 aliphatic heterocycles. The summed E-state index contributed by atoms with van der Waals surface area (Å²) in [5.41, 5.74) is 0. The lowest BCUT2D eigenvalue weighted by atomic mass is 9.90. The fraction of sp³-hybridized carbons (Fsp3) is 0.867. The van der Waals surface area contributed by atoms with Gasteiger partial charge in [-0.1, -0.05) is 26.2 Å². The quantitative estimate of drug-likeness (QED) is 0.794. The van der Waals surface area contributed by atoms with E-state index in [-0.39, 0.29) is 29.9 Å². The van der Waals surface area contributed by atoms with Gasteiger partial charge in [0, 0.05) is 12.6 Å². The van der Waals surface area contributed by atoms with Crippen LogP contribution in [0.25, 0.3) is 0 Å². The molecule has 2 atom stereocenters. The van der Waals surface area contributed by atoms with E-state index in [4.69, 9.17) is 4.74 Å². The monoisotopic (exact) mass is 280 g/mol. The highest BCUT2D eigenvalue weighted by molar-refractivity contribution is 5.99. The average molecular weight is 280 g/mol. The number of carbonyl (C=O) groups excluding carboxylic acids is 2. The fourth-order valence-electron chi connectivity index (χ4n) is 3.82. The SMILES string of the molecule is CCCN1C(=O)N(C2CCCCC2)C(=O)C2COCC21. The topological polar surface area (TPSA) is 49.9 Å². The van der Waals surface area contributed by atoms with E-state index in [1.165, 1.54) is 6.42 Å². The molecule has 1 aliphatic carbocycles. The van der Waals surface area contributed by atoms with Crippen molar-refractivity contribution < 1.29 is 14.3 Å². The molecule has 0 aromatic carbocycles. The molecular formula is C15H24N2O3. The normalized spacial score (nSPS) is 31.9. The summed E-state index contributed by atoms with van der Waals surface area (Å²) in [6.45, 7) is 3.78. The van der Waals surface area contributed by atoms with Crippen molar-refractivity contribution in [3.63, 3.8) is 0 Å². The van der Waals surface area contributed by atoms with Crippen LogP contribution in [0.15, 0.2) is 0 Å². The second kappa shape index (κ2) is 5.72. The third-order valence-corrected chi connectivity index (χ3v) is 4.86. The van der Waals surface area contributed by atoms with E-state index in [0.29, 0.717) is 13.2 Å². The summed E-state index contributed by atoms with van der Waals surface area (Å²) in [4.78, 5) is 28.9. The lowest BCUT2D eigenvalue weighted by Crippen LogP contribution is -2.64. The van der Waals surface area contributed by atoms with Crippen molar-refractivity contribution in [2.24, 2.45) is 5.92 Å². The molecule has 3 aliphatic rings. The Balaban J connectivity index is 1.84. The minimum atomic E-state index is -0.138. The Morgan fingerprint density at radius 2 is 1.90 bits per heavy atom. The second-order valence-corrected chi connectivity index (χ2v) is 6.19. The van der Waals surface area contributed by atoms with E-state index in [9.17, 15) is 9.59 Å². The highest BCUT2D eigenvalue weighted by atomic mass is 16.5. The number of fused-ring (bicyclic) bond motifs is 1. The Kier molecular flexibility index (Phi) is 3.96. The van der Waals surface area contributed by atoms with Gasteiger partial charge in [-0.15, -0.1) is 0 Å². The van der Waals surface area contributed by atoms with Gasteiger partial charge in [-0.05, 0) is 19.3 Å². The van der Waals surface area contributed by atoms with Crippen molar-refractivity contribution in [1.29, 1.82) is 0 Å². The summed E-state index contributed by atoms with van der Waals surface area (Å²) < 4.78 is 5.48. The number of carbonyl (C=O) groups is 2. The van der Waals surface area contributed by atoms with Crippen molar-refractivity contribution in [1.82, 2.24) is 9.80 Å². The summed E-state index contributed by atoms with van der Waals surface area (Å²) in [5.74, 6) is -0.127. The zero-order chi connectivity index (χ0) is 14.1. The molecule has 3 amide bonds. The molecule has 0 bridgehead atoms. The predicted molar refractivity (Wildman–Crippen MR) is 74.2 cm³/mol. The number of urea groups is 1. The van der Waals surface area contributed by atoms with Crippen LogP contribution in [-0.2, 0) is 9.53 Å². The molecule has 0 spiro atoms. The summed E-state index contributed by atoms with van der Waals surface area (Å²) in [6.07, 6.45) is 6.33. The smallest absolute Gasteiger partial charge is 0.327 e. The molecular weight excluding hydrogens is 256 g/mol. The fourth-order valence-corrected chi connectivity index (χ4v) is 3.82. The molecule has 0 aromatic rings. The summed E-state index contributed by atoms with van der Waals surface area (Å²) in [6, 6.07) is 0.00921. The summed E-state index contributed by atoms with van der Waals surface area (Å²) in [7, 11) is 0. The standard InChI is InChI=1S/C15H24N2O3/c1-2-8-16-13-10-20-9-12(13)14(18)17(15(16)19)11-6-4-3-5-7-11/h11-13H,2-10H2,1H3. The van der Waals surface area contributed by atoms with Crippen LogP contribution in [0.5, 0.6) is 0 Å². The molecule has 5 nitrogen and oxygen atoms in total. The van der Waals surface area contributed by atoms with Crippen LogP contribution in [0.4, 0.5) is 4.79 Å². The van der Waals surface area contributed by atoms with Crippen molar-refractivity contribution in [3.8, 4) is 0 Å². The van der Waals surface area contributed by atoms with E-state index in [0.717, 1.165) is 38.6 Å². The first-order chi connectivity index (χ1) is 9.74. The second-order valence-electron chi connectivity index (χ2n) is 6.19. The Hall–Kier alpha value is -1.10. The minimum absolute atomic E-state index is 0.0109. The molecule has 0 aromatic heterocycles. The molecule has 20 heavy (non-hydrogen) atoms. The lowest BCUT2D eigenvalue weighted by Gasteiger charge is -2.44. The van der Waals surface area contributed by atoms with Gasteiger partial charge in [-0.25, -0.2) is 4.79 Å². The number of hydrogen-bond donors (Lipinski definition) is 0. The Labute approximate surface area is 120 Å². The van der Waals surface area contributed by atoms with Crippen LogP contribution in [0.2, 0.25) is 0 Å². The third-order valence-electron chi connectivity index (χ3n) is 4.86. The van der Waals surface area contributed by atoms with Gasteiger partial charge in [0.15, 0.2) is 0 Å². The molecule has 5 heteroatoms. The molecule has 0 N–H and O–H groups in total. The number of hydrogen-bond acceptors (Lipinski definition) is 3. The number of imide groups is 1. The van der Waals surface area contributed by atoms with E-state index >= 15 is 0 Å². The van der Waals surface area contributed by atoms with E-state index < -0.39 is 0 Å². The molecule has 2 saturated heterocycles. The Morgan fingerprint density at radius 3 is 2.60 bits per heavy atom. The van der Waals surface area contributed by atoms with Gasteiger partial charge < -0.3 is 9.64 Å². The van der Waals surface area contributed by atoms with Crippen LogP contribution < -0.4 is 0 Å². The maximum atomic E-state index is 12.7. The highest BCUT2D eigenvalue weighted by Crippen LogP contribution is 2.33. The van der Waals surface area contributed by atoms with Gasteiger partial charge in [0.05, 0.1) is 25.2 Å². The maximum Gasteiger partial charge on any atom is 0.327 e. The molecule has 112 valence electrons. The molecule has 2 heterocycles. The van der Waals surface area contributed by atoms with Crippen LogP contribution in [-0.4, -0.2) is 53.6 Å². The van der Waals surface area contributed by atoms with Crippen LogP contribution >= 0.6 is 0 Å². The first kappa shape index (κ1) is 13.9. The predicted octanol–water partition coefficient (Wildman–Crippen LogP) is 2.01. The van der Waals surface area contributed by atoms with Crippen molar-refractivity contribution in [2.75, 3.05) is 19.8 Å². The first-order valence-corrected chi connectivity index (χ1v) is 7.95. The van der Waals surface area contributed by atoms with E-state index in [1.54, 1.807) is 4.90 Å². The van der Waals surface area contributed by atoms with E-state index in [2.05, 4.69) is 6.92 Å². The molecule has 3 fully saturated rings. The molecule has 1 saturated carbocycles. The number of nitrogens with zero attached hydrogens (tertiary/aromatic N) is 2. The van der Waals surface area contributed by atoms with Crippen molar-refractivity contribution in [2.45, 2.75) is 57.5 Å². The summed E-state index contributed by atoms with van der Waals surface area (Å²) >= 11 is 0. The molecule has 0 radical (unpaired) electrons. The van der Waals surface area contributed by atoms with Gasteiger partial charge in [-0.3, -0.25) is 9.69 Å². The zero-order valence-corrected chi connectivity index (χ0v) is 12.2. The Morgan fingerprint density at radius 1 is 1.15 bits per heavy atom. The molecule has 2 unspecified atom stereocenters. The maximum absolute atomic E-state index is 12.7. The third kappa shape index (κ3) is 2.22. The minimum Gasteiger partial charge on any atom is -0.378 e. The van der Waals surface area contributed by atoms with Gasteiger partial charge in [-0.2, -0.15) is 0 Å². The number of ether oxygens (including phenoxy) is 1. The first-order valence-electron chi connectivity index (χ1n) is 7.95. The van der Waals surface area contributed by atoms with Gasteiger partial charge >= 0.3 is 6.03 Å². The largest absolute Gasteiger partial charge is 0.378 e. The molecule has 3 rings (SSSR count). The van der Waals surface area contributed by atoms with Crippen LogP contribution in [0, 0.1) is 5.92 Å². The van der Waals surface area contributed by atoms with Gasteiger partial charge in [0.25, 0.3) is 0 Å². The highest BCUT2D eigenvalue weighted by Gasteiger charge is 2.50.